The minimum absolute atomic E-state index is 0.183. The molecule has 0 N–H and O–H groups in total. The number of nitrogens with zero attached hydrogens (tertiary/aromatic N) is 3. The fourth-order valence-corrected chi connectivity index (χ4v) is 4.47. The molecule has 0 aliphatic carbocycles. The fourth-order valence-electron chi connectivity index (χ4n) is 4.47. The first-order valence-corrected chi connectivity index (χ1v) is 10.7. The standard InChI is InChI=1S/C25H29N3O3/c1-26-15-13-20(14-16-26)27(2)23-22(18-9-5-4-6-10-18)24(29)28(25(23)30)17-19-11-7-8-12-21(19)31-3/h4-12,20H,13-17H2,1-3H3. The molecule has 31 heavy (non-hydrogen) atoms. The molecule has 2 aliphatic heterocycles. The van der Waals surface area contributed by atoms with Gasteiger partial charge >= 0.3 is 0 Å². The normalized spacial score (nSPS) is 18.1. The van der Waals surface area contributed by atoms with Crippen molar-refractivity contribution in [3.05, 3.63) is 71.4 Å². The van der Waals surface area contributed by atoms with E-state index < -0.39 is 0 Å². The lowest BCUT2D eigenvalue weighted by Gasteiger charge is -2.36. The van der Waals surface area contributed by atoms with E-state index in [1.807, 2.05) is 66.5 Å². The first-order chi connectivity index (χ1) is 15.0. The molecule has 6 nitrogen and oxygen atoms in total. The van der Waals surface area contributed by atoms with Crippen molar-refractivity contribution in [1.82, 2.24) is 14.7 Å². The summed E-state index contributed by atoms with van der Waals surface area (Å²) in [5.41, 5.74) is 2.57. The van der Waals surface area contributed by atoms with Crippen molar-refractivity contribution in [2.24, 2.45) is 0 Å². The summed E-state index contributed by atoms with van der Waals surface area (Å²) in [5.74, 6) is 0.176. The lowest BCUT2D eigenvalue weighted by molar-refractivity contribution is -0.138. The molecule has 2 aromatic rings. The maximum atomic E-state index is 13.6. The van der Waals surface area contributed by atoms with Crippen LogP contribution in [0.4, 0.5) is 0 Å². The summed E-state index contributed by atoms with van der Waals surface area (Å²) in [5, 5.41) is 0. The molecule has 1 saturated heterocycles. The minimum Gasteiger partial charge on any atom is -0.496 e. The maximum Gasteiger partial charge on any atom is 0.278 e. The van der Waals surface area contributed by atoms with Crippen LogP contribution in [0, 0.1) is 0 Å². The highest BCUT2D eigenvalue weighted by molar-refractivity contribution is 6.35. The third-order valence-corrected chi connectivity index (χ3v) is 6.32. The van der Waals surface area contributed by atoms with Crippen LogP contribution >= 0.6 is 0 Å². The number of likely N-dealkylation sites (tertiary alicyclic amines) is 1. The summed E-state index contributed by atoms with van der Waals surface area (Å²) in [6, 6.07) is 17.2. The van der Waals surface area contributed by atoms with Gasteiger partial charge in [-0.15, -0.1) is 0 Å². The maximum absolute atomic E-state index is 13.6. The average molecular weight is 420 g/mol. The molecule has 2 aliphatic rings. The molecule has 2 heterocycles. The summed E-state index contributed by atoms with van der Waals surface area (Å²) >= 11 is 0. The Morgan fingerprint density at radius 1 is 0.968 bits per heavy atom. The van der Waals surface area contributed by atoms with Gasteiger partial charge in [-0.3, -0.25) is 14.5 Å². The molecule has 0 spiro atoms. The van der Waals surface area contributed by atoms with Crippen molar-refractivity contribution in [3.8, 4) is 5.75 Å². The van der Waals surface area contributed by atoms with Gasteiger partial charge < -0.3 is 14.5 Å². The van der Waals surface area contributed by atoms with Crippen molar-refractivity contribution < 1.29 is 14.3 Å². The number of hydrogen-bond acceptors (Lipinski definition) is 5. The van der Waals surface area contributed by atoms with Gasteiger partial charge in [-0.05, 0) is 44.6 Å². The van der Waals surface area contributed by atoms with Crippen molar-refractivity contribution >= 4 is 17.4 Å². The van der Waals surface area contributed by atoms with Gasteiger partial charge in [0, 0.05) is 18.7 Å². The van der Waals surface area contributed by atoms with Gasteiger partial charge in [0.1, 0.15) is 11.4 Å². The molecule has 162 valence electrons. The largest absolute Gasteiger partial charge is 0.496 e. The van der Waals surface area contributed by atoms with E-state index in [0.29, 0.717) is 17.0 Å². The van der Waals surface area contributed by atoms with Crippen LogP contribution < -0.4 is 4.74 Å². The fraction of sp³-hybridized carbons (Fsp3) is 0.360. The van der Waals surface area contributed by atoms with Gasteiger partial charge in [0.2, 0.25) is 0 Å². The third-order valence-electron chi connectivity index (χ3n) is 6.32. The summed E-state index contributed by atoms with van der Waals surface area (Å²) in [6.07, 6.45) is 1.93. The highest BCUT2D eigenvalue weighted by atomic mass is 16.5. The number of amides is 2. The second-order valence-electron chi connectivity index (χ2n) is 8.24. The molecule has 2 aromatic carbocycles. The van der Waals surface area contributed by atoms with E-state index in [9.17, 15) is 9.59 Å². The SMILES string of the molecule is COc1ccccc1CN1C(=O)C(c2ccccc2)=C(N(C)C2CCN(C)CC2)C1=O. The molecule has 4 rings (SSSR count). The number of rotatable bonds is 6. The second-order valence-corrected chi connectivity index (χ2v) is 8.24. The van der Waals surface area contributed by atoms with Gasteiger partial charge in [-0.1, -0.05) is 48.5 Å². The summed E-state index contributed by atoms with van der Waals surface area (Å²) in [4.78, 5) is 32.8. The van der Waals surface area contributed by atoms with Crippen LogP contribution in [0.3, 0.4) is 0 Å². The minimum atomic E-state index is -0.253. The zero-order valence-electron chi connectivity index (χ0n) is 18.4. The first kappa shape index (κ1) is 21.1. The molecular formula is C25H29N3O3. The highest BCUT2D eigenvalue weighted by Crippen LogP contribution is 2.35. The van der Waals surface area contributed by atoms with Gasteiger partial charge in [0.15, 0.2) is 0 Å². The van der Waals surface area contributed by atoms with Crippen molar-refractivity contribution in [2.75, 3.05) is 34.3 Å². The van der Waals surface area contributed by atoms with Crippen molar-refractivity contribution in [3.63, 3.8) is 0 Å². The van der Waals surface area contributed by atoms with E-state index >= 15 is 0 Å². The van der Waals surface area contributed by atoms with Gasteiger partial charge in [0.25, 0.3) is 11.8 Å². The molecule has 2 amide bonds. The highest BCUT2D eigenvalue weighted by Gasteiger charge is 2.42. The first-order valence-electron chi connectivity index (χ1n) is 10.7. The van der Waals surface area contributed by atoms with Crippen molar-refractivity contribution in [1.29, 1.82) is 0 Å². The zero-order chi connectivity index (χ0) is 22.0. The summed E-state index contributed by atoms with van der Waals surface area (Å²) in [7, 11) is 5.66. The monoisotopic (exact) mass is 419 g/mol. The van der Waals surface area contributed by atoms with E-state index in [2.05, 4.69) is 11.9 Å². The molecule has 0 bridgehead atoms. The number of carbonyl (C=O) groups is 2. The van der Waals surface area contributed by atoms with Crippen LogP contribution in [-0.2, 0) is 16.1 Å². The lowest BCUT2D eigenvalue weighted by atomic mass is 10.0. The number of likely N-dealkylation sites (N-methyl/N-ethyl adjacent to an activating group) is 1. The van der Waals surface area contributed by atoms with Crippen LogP contribution in [0.25, 0.3) is 5.57 Å². The van der Waals surface area contributed by atoms with Crippen LogP contribution in [0.5, 0.6) is 5.75 Å². The third kappa shape index (κ3) is 4.08. The second kappa shape index (κ2) is 8.94. The predicted molar refractivity (Wildman–Crippen MR) is 120 cm³/mol. The van der Waals surface area contributed by atoms with E-state index in [1.54, 1.807) is 7.11 Å². The Hall–Kier alpha value is -3.12. The number of methoxy groups -OCH3 is 1. The molecule has 0 saturated carbocycles. The topological polar surface area (TPSA) is 53.1 Å². The molecule has 1 fully saturated rings. The Kier molecular flexibility index (Phi) is 6.09. The van der Waals surface area contributed by atoms with E-state index in [4.69, 9.17) is 4.74 Å². The molecule has 0 aromatic heterocycles. The Bertz CT molecular complexity index is 994. The number of ether oxygens (including phenoxy) is 1. The van der Waals surface area contributed by atoms with Crippen molar-refractivity contribution in [2.45, 2.75) is 25.4 Å². The number of piperidine rings is 1. The molecule has 6 heteroatoms. The molecule has 0 atom stereocenters. The molecule has 0 radical (unpaired) electrons. The Balaban J connectivity index is 1.70. The van der Waals surface area contributed by atoms with Crippen LogP contribution in [0.2, 0.25) is 0 Å². The van der Waals surface area contributed by atoms with E-state index in [1.165, 1.54) is 4.90 Å². The van der Waals surface area contributed by atoms with Gasteiger partial charge in [-0.2, -0.15) is 0 Å². The average Bonchev–Trinajstić information content (AvgIpc) is 3.04. The summed E-state index contributed by atoms with van der Waals surface area (Å²) in [6.45, 7) is 2.15. The Morgan fingerprint density at radius 3 is 2.29 bits per heavy atom. The number of carbonyl (C=O) groups excluding carboxylic acids is 2. The number of para-hydroxylation sites is 1. The Labute approximate surface area is 183 Å². The molecular weight excluding hydrogens is 390 g/mol. The van der Waals surface area contributed by atoms with Crippen LogP contribution in [-0.4, -0.2) is 66.9 Å². The zero-order valence-corrected chi connectivity index (χ0v) is 18.4. The van der Waals surface area contributed by atoms with Crippen LogP contribution in [0.15, 0.2) is 60.3 Å². The van der Waals surface area contributed by atoms with E-state index in [-0.39, 0.29) is 24.4 Å². The van der Waals surface area contributed by atoms with Crippen LogP contribution in [0.1, 0.15) is 24.0 Å². The Morgan fingerprint density at radius 2 is 1.61 bits per heavy atom. The smallest absolute Gasteiger partial charge is 0.278 e. The lowest BCUT2D eigenvalue weighted by Crippen LogP contribution is -2.43. The van der Waals surface area contributed by atoms with Gasteiger partial charge in [-0.25, -0.2) is 0 Å². The molecule has 0 unspecified atom stereocenters. The van der Waals surface area contributed by atoms with E-state index in [0.717, 1.165) is 37.1 Å². The number of imide groups is 1. The summed E-state index contributed by atoms with van der Waals surface area (Å²) < 4.78 is 5.44. The quantitative estimate of drug-likeness (QED) is 0.674. The van der Waals surface area contributed by atoms with Gasteiger partial charge in [0.05, 0.1) is 19.2 Å². The number of hydrogen-bond donors (Lipinski definition) is 0. The predicted octanol–water partition coefficient (Wildman–Crippen LogP) is 3.00. The number of benzene rings is 2.